The third-order valence-electron chi connectivity index (χ3n) is 4.53. The zero-order valence-corrected chi connectivity index (χ0v) is 16.3. The van der Waals surface area contributed by atoms with E-state index in [1.165, 1.54) is 0 Å². The van der Waals surface area contributed by atoms with Crippen molar-refractivity contribution in [2.24, 2.45) is 0 Å². The Labute approximate surface area is 168 Å². The minimum absolute atomic E-state index is 0.0594. The molecule has 0 atom stereocenters. The minimum atomic E-state index is -0.146. The highest BCUT2D eigenvalue weighted by atomic mass is 35.5. The van der Waals surface area contributed by atoms with Gasteiger partial charge in [-0.3, -0.25) is 4.79 Å². The molecule has 3 amide bonds. The Morgan fingerprint density at radius 2 is 1.67 bits per heavy atom. The summed E-state index contributed by atoms with van der Waals surface area (Å²) in [6, 6.07) is 14.2. The number of hydrogen-bond donors (Lipinski definition) is 1. The van der Waals surface area contributed by atoms with Gasteiger partial charge in [0.25, 0.3) is 5.91 Å². The molecule has 0 unspecified atom stereocenters. The van der Waals surface area contributed by atoms with Crippen LogP contribution in [-0.2, 0) is 6.54 Å². The van der Waals surface area contributed by atoms with Crippen LogP contribution in [0.2, 0.25) is 10.0 Å². The third kappa shape index (κ3) is 5.15. The van der Waals surface area contributed by atoms with Crippen LogP contribution >= 0.6 is 23.2 Å². The summed E-state index contributed by atoms with van der Waals surface area (Å²) in [5, 5.41) is 4.07. The van der Waals surface area contributed by atoms with E-state index in [0.717, 1.165) is 12.0 Å². The van der Waals surface area contributed by atoms with E-state index in [9.17, 15) is 9.59 Å². The van der Waals surface area contributed by atoms with Gasteiger partial charge in [0.1, 0.15) is 0 Å². The van der Waals surface area contributed by atoms with Crippen LogP contribution in [0, 0.1) is 0 Å². The summed E-state index contributed by atoms with van der Waals surface area (Å²) in [4.78, 5) is 28.6. The maximum Gasteiger partial charge on any atom is 0.317 e. The van der Waals surface area contributed by atoms with E-state index >= 15 is 0 Å². The summed E-state index contributed by atoms with van der Waals surface area (Å²) in [7, 11) is 0. The van der Waals surface area contributed by atoms with Crippen LogP contribution in [0.5, 0.6) is 0 Å². The minimum Gasteiger partial charge on any atom is -0.337 e. The first kappa shape index (κ1) is 19.5. The Morgan fingerprint density at radius 1 is 0.926 bits per heavy atom. The molecule has 0 bridgehead atoms. The van der Waals surface area contributed by atoms with Gasteiger partial charge in [-0.1, -0.05) is 47.5 Å². The normalized spacial score (nSPS) is 14.6. The van der Waals surface area contributed by atoms with Gasteiger partial charge < -0.3 is 15.1 Å². The molecule has 7 heteroatoms. The van der Waals surface area contributed by atoms with Crippen LogP contribution in [0.1, 0.15) is 22.3 Å². The van der Waals surface area contributed by atoms with Crippen molar-refractivity contribution in [1.29, 1.82) is 0 Å². The summed E-state index contributed by atoms with van der Waals surface area (Å²) < 4.78 is 0. The maximum atomic E-state index is 12.7. The van der Waals surface area contributed by atoms with Gasteiger partial charge >= 0.3 is 6.03 Å². The lowest BCUT2D eigenvalue weighted by molar-refractivity contribution is 0.0762. The van der Waals surface area contributed by atoms with Gasteiger partial charge in [-0.2, -0.15) is 0 Å². The summed E-state index contributed by atoms with van der Waals surface area (Å²) in [6.45, 7) is 2.57. The Bertz CT molecular complexity index is 828. The van der Waals surface area contributed by atoms with Crippen LogP contribution in [0.15, 0.2) is 48.5 Å². The molecule has 0 saturated carbocycles. The van der Waals surface area contributed by atoms with Crippen molar-refractivity contribution in [3.05, 3.63) is 69.7 Å². The molecular formula is C20H21Cl2N3O2. The van der Waals surface area contributed by atoms with Gasteiger partial charge in [0, 0.05) is 48.3 Å². The fourth-order valence-electron chi connectivity index (χ4n) is 3.05. The average molecular weight is 406 g/mol. The van der Waals surface area contributed by atoms with Gasteiger partial charge in [0.2, 0.25) is 0 Å². The molecule has 2 aromatic rings. The predicted octanol–water partition coefficient (Wildman–Crippen LogP) is 4.05. The zero-order valence-electron chi connectivity index (χ0n) is 14.8. The second-order valence-electron chi connectivity index (χ2n) is 6.39. The number of hydrogen-bond acceptors (Lipinski definition) is 2. The van der Waals surface area contributed by atoms with Gasteiger partial charge in [0.05, 0.1) is 0 Å². The number of urea groups is 1. The van der Waals surface area contributed by atoms with Crippen molar-refractivity contribution >= 4 is 35.1 Å². The van der Waals surface area contributed by atoms with E-state index in [1.54, 1.807) is 40.1 Å². The number of halogens is 2. The van der Waals surface area contributed by atoms with E-state index in [0.29, 0.717) is 48.3 Å². The monoisotopic (exact) mass is 405 g/mol. The second kappa shape index (κ2) is 9.11. The van der Waals surface area contributed by atoms with E-state index in [-0.39, 0.29) is 11.9 Å². The Hall–Kier alpha value is -2.24. The highest BCUT2D eigenvalue weighted by Crippen LogP contribution is 2.16. The van der Waals surface area contributed by atoms with Crippen molar-refractivity contribution in [2.45, 2.75) is 13.0 Å². The number of nitrogens with one attached hydrogen (secondary N) is 1. The summed E-state index contributed by atoms with van der Waals surface area (Å²) >= 11 is 12.1. The molecule has 1 N–H and O–H groups in total. The van der Waals surface area contributed by atoms with Crippen LogP contribution in [0.25, 0.3) is 0 Å². The second-order valence-corrected chi connectivity index (χ2v) is 7.24. The quantitative estimate of drug-likeness (QED) is 0.836. The number of amides is 3. The standard InChI is InChI=1S/C20H21Cl2N3O2/c21-17-7-3-6-15(13-17)19(26)24-9-4-10-25(12-11-24)20(27)23-14-16-5-1-2-8-18(16)22/h1-3,5-8,13H,4,9-12,14H2,(H,23,27). The molecule has 1 aliphatic heterocycles. The molecule has 1 saturated heterocycles. The Balaban J connectivity index is 1.55. The molecule has 0 spiro atoms. The van der Waals surface area contributed by atoms with Crippen molar-refractivity contribution in [2.75, 3.05) is 26.2 Å². The molecule has 0 aliphatic carbocycles. The smallest absolute Gasteiger partial charge is 0.317 e. The number of rotatable bonds is 3. The fourth-order valence-corrected chi connectivity index (χ4v) is 3.44. The number of benzene rings is 2. The third-order valence-corrected chi connectivity index (χ3v) is 5.13. The lowest BCUT2D eigenvalue weighted by Crippen LogP contribution is -2.42. The van der Waals surface area contributed by atoms with Crippen LogP contribution in [0.3, 0.4) is 0 Å². The van der Waals surface area contributed by atoms with Crippen molar-refractivity contribution in [1.82, 2.24) is 15.1 Å². The molecule has 0 aromatic heterocycles. The van der Waals surface area contributed by atoms with Crippen molar-refractivity contribution < 1.29 is 9.59 Å². The van der Waals surface area contributed by atoms with E-state index in [1.807, 2.05) is 18.2 Å². The van der Waals surface area contributed by atoms with Crippen molar-refractivity contribution in [3.63, 3.8) is 0 Å². The fraction of sp³-hybridized carbons (Fsp3) is 0.300. The Morgan fingerprint density at radius 3 is 2.44 bits per heavy atom. The Kier molecular flexibility index (Phi) is 6.58. The summed E-state index contributed by atoms with van der Waals surface area (Å²) in [6.07, 6.45) is 0.728. The maximum absolute atomic E-state index is 12.7. The lowest BCUT2D eigenvalue weighted by atomic mass is 10.2. The largest absolute Gasteiger partial charge is 0.337 e. The molecule has 2 aromatic carbocycles. The number of nitrogens with zero attached hydrogens (tertiary/aromatic N) is 2. The van der Waals surface area contributed by atoms with E-state index in [4.69, 9.17) is 23.2 Å². The van der Waals surface area contributed by atoms with Gasteiger partial charge in [-0.15, -0.1) is 0 Å². The predicted molar refractivity (Wildman–Crippen MR) is 107 cm³/mol. The van der Waals surface area contributed by atoms with Gasteiger partial charge in [-0.05, 0) is 36.2 Å². The molecule has 1 heterocycles. The molecule has 5 nitrogen and oxygen atoms in total. The molecule has 1 fully saturated rings. The molecule has 1 aliphatic rings. The van der Waals surface area contributed by atoms with Crippen LogP contribution in [-0.4, -0.2) is 47.9 Å². The molecule has 0 radical (unpaired) electrons. The van der Waals surface area contributed by atoms with E-state index < -0.39 is 0 Å². The average Bonchev–Trinajstić information content (AvgIpc) is 2.93. The van der Waals surface area contributed by atoms with Crippen LogP contribution in [0.4, 0.5) is 4.79 Å². The topological polar surface area (TPSA) is 52.7 Å². The van der Waals surface area contributed by atoms with Gasteiger partial charge in [-0.25, -0.2) is 4.79 Å². The summed E-state index contributed by atoms with van der Waals surface area (Å²) in [5.41, 5.74) is 1.44. The molecular weight excluding hydrogens is 385 g/mol. The van der Waals surface area contributed by atoms with Crippen LogP contribution < -0.4 is 5.32 Å². The highest BCUT2D eigenvalue weighted by molar-refractivity contribution is 6.31. The first-order valence-corrected chi connectivity index (χ1v) is 9.61. The highest BCUT2D eigenvalue weighted by Gasteiger charge is 2.23. The molecule has 3 rings (SSSR count). The first-order valence-electron chi connectivity index (χ1n) is 8.85. The molecule has 142 valence electrons. The van der Waals surface area contributed by atoms with E-state index in [2.05, 4.69) is 5.32 Å². The van der Waals surface area contributed by atoms with Crippen molar-refractivity contribution in [3.8, 4) is 0 Å². The summed E-state index contributed by atoms with van der Waals surface area (Å²) in [5.74, 6) is -0.0594. The number of carbonyl (C=O) groups excluding carboxylic acids is 2. The molecule has 27 heavy (non-hydrogen) atoms. The SMILES string of the molecule is O=C(NCc1ccccc1Cl)N1CCCN(C(=O)c2cccc(Cl)c2)CC1. The first-order chi connectivity index (χ1) is 13.0. The number of carbonyl (C=O) groups is 2. The van der Waals surface area contributed by atoms with Gasteiger partial charge in [0.15, 0.2) is 0 Å². The zero-order chi connectivity index (χ0) is 19.2. The lowest BCUT2D eigenvalue weighted by Gasteiger charge is -2.22.